The van der Waals surface area contributed by atoms with Gasteiger partial charge in [-0.15, -0.1) is 0 Å². The molecule has 0 spiro atoms. The monoisotopic (exact) mass is 232 g/mol. The molecule has 0 radical (unpaired) electrons. The van der Waals surface area contributed by atoms with Crippen molar-refractivity contribution < 1.29 is 0 Å². The lowest BCUT2D eigenvalue weighted by Crippen LogP contribution is -1.92. The van der Waals surface area contributed by atoms with Crippen LogP contribution in [0.25, 0.3) is 0 Å². The van der Waals surface area contributed by atoms with Crippen molar-refractivity contribution in [3.8, 4) is 0 Å². The Bertz CT molecular complexity index is 379. The number of nitrogen functional groups attached to an aromatic ring is 1. The van der Waals surface area contributed by atoms with E-state index >= 15 is 0 Å². The van der Waals surface area contributed by atoms with E-state index in [2.05, 4.69) is 17.9 Å². The third kappa shape index (κ3) is 4.28. The van der Waals surface area contributed by atoms with Gasteiger partial charge in [0.1, 0.15) is 0 Å². The highest BCUT2D eigenvalue weighted by Gasteiger charge is 1.94. The number of hydrogen-bond donors (Lipinski definition) is 2. The first kappa shape index (κ1) is 12.5. The predicted octanol–water partition coefficient (Wildman–Crippen LogP) is 3.63. The molecule has 0 saturated carbocycles. The van der Waals surface area contributed by atoms with Gasteiger partial charge in [0.25, 0.3) is 0 Å². The fourth-order valence-electron chi connectivity index (χ4n) is 1.08. The molecule has 0 saturated heterocycles. The third-order valence-electron chi connectivity index (χ3n) is 1.93. The van der Waals surface area contributed by atoms with E-state index in [1.165, 1.54) is 0 Å². The van der Waals surface area contributed by atoms with Crippen LogP contribution in [0.15, 0.2) is 61.2 Å². The molecule has 0 atom stereocenters. The van der Waals surface area contributed by atoms with Crippen molar-refractivity contribution >= 4 is 23.3 Å². The van der Waals surface area contributed by atoms with Gasteiger partial charge in [-0.3, -0.25) is 0 Å². The first-order valence-electron chi connectivity index (χ1n) is 4.93. The van der Waals surface area contributed by atoms with E-state index in [1.54, 1.807) is 18.0 Å². The van der Waals surface area contributed by atoms with Crippen LogP contribution in [0.2, 0.25) is 0 Å². The first-order valence-corrected chi connectivity index (χ1v) is 5.92. The minimum Gasteiger partial charge on any atom is -0.399 e. The highest BCUT2D eigenvalue weighted by Crippen LogP contribution is 2.16. The number of nitrogens with two attached hydrogens (primary N) is 1. The molecule has 3 N–H and O–H groups in total. The van der Waals surface area contributed by atoms with Gasteiger partial charge >= 0.3 is 0 Å². The smallest absolute Gasteiger partial charge is 0.0441 e. The second-order valence-electron chi connectivity index (χ2n) is 3.19. The van der Waals surface area contributed by atoms with Crippen molar-refractivity contribution in [2.45, 2.75) is 0 Å². The van der Waals surface area contributed by atoms with Gasteiger partial charge in [0.05, 0.1) is 0 Å². The van der Waals surface area contributed by atoms with Crippen molar-refractivity contribution in [2.75, 3.05) is 16.2 Å². The summed E-state index contributed by atoms with van der Waals surface area (Å²) in [5.74, 6) is 0.847. The second-order valence-corrected chi connectivity index (χ2v) is 3.98. The number of nitrogens with one attached hydrogen (secondary N) is 1. The van der Waals surface area contributed by atoms with E-state index in [1.807, 2.05) is 36.4 Å². The van der Waals surface area contributed by atoms with Crippen LogP contribution in [0.4, 0.5) is 11.4 Å². The summed E-state index contributed by atoms with van der Waals surface area (Å²) in [5.41, 5.74) is 8.55. The summed E-state index contributed by atoms with van der Waals surface area (Å²) in [7, 11) is 0. The number of anilines is 2. The number of rotatable bonds is 6. The molecule has 3 heteroatoms. The van der Waals surface area contributed by atoms with E-state index in [0.717, 1.165) is 22.7 Å². The minimum absolute atomic E-state index is 0.772. The summed E-state index contributed by atoms with van der Waals surface area (Å²) >= 11 is 1.61. The maximum Gasteiger partial charge on any atom is 0.0441 e. The summed E-state index contributed by atoms with van der Waals surface area (Å²) < 4.78 is 3.23. The number of allylic oxidation sites excluding steroid dienone is 3. The van der Waals surface area contributed by atoms with Gasteiger partial charge in [-0.1, -0.05) is 31.4 Å². The van der Waals surface area contributed by atoms with E-state index < -0.39 is 0 Å². The number of benzene rings is 1. The summed E-state index contributed by atoms with van der Waals surface area (Å²) in [6, 6.07) is 7.65. The Morgan fingerprint density at radius 1 is 1.31 bits per heavy atom. The molecule has 0 bridgehead atoms. The Labute approximate surface area is 101 Å². The summed E-state index contributed by atoms with van der Waals surface area (Å²) in [5, 5.41) is 0. The molecule has 84 valence electrons. The average Bonchev–Trinajstić information content (AvgIpc) is 2.30. The second kappa shape index (κ2) is 6.80. The normalized spacial score (nSPS) is 10.9. The molecule has 0 aliphatic heterocycles. The molecule has 0 heterocycles. The van der Waals surface area contributed by atoms with Gasteiger partial charge < -0.3 is 10.5 Å². The molecule has 0 amide bonds. The van der Waals surface area contributed by atoms with Crippen molar-refractivity contribution in [3.63, 3.8) is 0 Å². The van der Waals surface area contributed by atoms with Crippen molar-refractivity contribution in [1.29, 1.82) is 0 Å². The predicted molar refractivity (Wildman–Crippen MR) is 75.4 cm³/mol. The molecule has 0 fully saturated rings. The SMILES string of the molecule is C=C/C=C(\C=C)CSNc1ccc(N)cc1. The zero-order valence-electron chi connectivity index (χ0n) is 9.15. The molecule has 1 aromatic carbocycles. The molecule has 2 nitrogen and oxygen atoms in total. The lowest BCUT2D eigenvalue weighted by molar-refractivity contribution is 1.55. The van der Waals surface area contributed by atoms with Crippen LogP contribution in [-0.2, 0) is 0 Å². The van der Waals surface area contributed by atoms with Gasteiger partial charge in [0, 0.05) is 17.1 Å². The summed E-state index contributed by atoms with van der Waals surface area (Å²) in [4.78, 5) is 0. The van der Waals surface area contributed by atoms with Gasteiger partial charge in [-0.25, -0.2) is 0 Å². The van der Waals surface area contributed by atoms with Crippen LogP contribution >= 0.6 is 11.9 Å². The Hall–Kier alpha value is -1.61. The van der Waals surface area contributed by atoms with Crippen LogP contribution in [0.5, 0.6) is 0 Å². The van der Waals surface area contributed by atoms with Crippen LogP contribution in [0, 0.1) is 0 Å². The average molecular weight is 232 g/mol. The minimum atomic E-state index is 0.772. The Morgan fingerprint density at radius 2 is 2.00 bits per heavy atom. The van der Waals surface area contributed by atoms with E-state index in [9.17, 15) is 0 Å². The van der Waals surface area contributed by atoms with Gasteiger partial charge in [0.15, 0.2) is 0 Å². The van der Waals surface area contributed by atoms with E-state index in [4.69, 9.17) is 5.73 Å². The van der Waals surface area contributed by atoms with Gasteiger partial charge in [0.2, 0.25) is 0 Å². The highest BCUT2D eigenvalue weighted by molar-refractivity contribution is 8.00. The Morgan fingerprint density at radius 3 is 2.56 bits per heavy atom. The molecule has 0 aliphatic rings. The van der Waals surface area contributed by atoms with E-state index in [-0.39, 0.29) is 0 Å². The maximum atomic E-state index is 5.60. The first-order chi connectivity index (χ1) is 7.76. The lowest BCUT2D eigenvalue weighted by atomic mass is 10.3. The molecule has 16 heavy (non-hydrogen) atoms. The third-order valence-corrected chi connectivity index (χ3v) is 2.79. The standard InChI is InChI=1S/C13H16N2S/c1-3-5-11(4-2)10-16-15-13-8-6-12(14)7-9-13/h3-9,15H,1-2,10,14H2/b11-5+. The fourth-order valence-corrected chi connectivity index (χ4v) is 1.84. The molecule has 0 aliphatic carbocycles. The van der Waals surface area contributed by atoms with Gasteiger partial charge in [-0.2, -0.15) is 0 Å². The van der Waals surface area contributed by atoms with Crippen LogP contribution in [-0.4, -0.2) is 5.75 Å². The van der Waals surface area contributed by atoms with Crippen molar-refractivity contribution in [2.24, 2.45) is 0 Å². The molecule has 1 aromatic rings. The zero-order chi connectivity index (χ0) is 11.8. The highest BCUT2D eigenvalue weighted by atomic mass is 32.2. The zero-order valence-corrected chi connectivity index (χ0v) is 9.96. The molecular weight excluding hydrogens is 216 g/mol. The van der Waals surface area contributed by atoms with Crippen LogP contribution in [0.1, 0.15) is 0 Å². The van der Waals surface area contributed by atoms with Gasteiger partial charge in [-0.05, 0) is 41.8 Å². The molecule has 0 unspecified atom stereocenters. The molecule has 1 rings (SSSR count). The van der Waals surface area contributed by atoms with Crippen LogP contribution in [0.3, 0.4) is 0 Å². The molecule has 0 aromatic heterocycles. The largest absolute Gasteiger partial charge is 0.399 e. The van der Waals surface area contributed by atoms with E-state index in [0.29, 0.717) is 0 Å². The quantitative estimate of drug-likeness (QED) is 0.447. The van der Waals surface area contributed by atoms with Crippen LogP contribution < -0.4 is 10.5 Å². The topological polar surface area (TPSA) is 38.0 Å². The van der Waals surface area contributed by atoms with Crippen molar-refractivity contribution in [1.82, 2.24) is 0 Å². The summed E-state index contributed by atoms with van der Waals surface area (Å²) in [6.45, 7) is 7.40. The Kier molecular flexibility index (Phi) is 5.29. The molecular formula is C13H16N2S. The maximum absolute atomic E-state index is 5.60. The Balaban J connectivity index is 2.40. The number of hydrogen-bond acceptors (Lipinski definition) is 3. The summed E-state index contributed by atoms with van der Waals surface area (Å²) in [6.07, 6.45) is 5.55. The fraction of sp³-hybridized carbons (Fsp3) is 0.0769. The van der Waals surface area contributed by atoms with Crippen molar-refractivity contribution in [3.05, 3.63) is 61.2 Å². The lowest BCUT2D eigenvalue weighted by Gasteiger charge is -2.05.